The first-order valence-corrected chi connectivity index (χ1v) is 8.13. The summed E-state index contributed by atoms with van der Waals surface area (Å²) in [5, 5.41) is 8.23. The topological polar surface area (TPSA) is 33.1 Å². The molecule has 0 aliphatic carbocycles. The van der Waals surface area contributed by atoms with Crippen LogP contribution in [0.2, 0.25) is 0 Å². The summed E-state index contributed by atoms with van der Waals surface area (Å²) in [6, 6.07) is 2.93. The zero-order chi connectivity index (χ0) is 14.5. The first kappa shape index (κ1) is 15.5. The number of likely N-dealkylation sites (tertiary alicyclic amines) is 1. The lowest BCUT2D eigenvalue weighted by Crippen LogP contribution is -2.48. The van der Waals surface area contributed by atoms with Gasteiger partial charge in [0, 0.05) is 32.2 Å². The van der Waals surface area contributed by atoms with E-state index in [9.17, 15) is 0 Å². The zero-order valence-electron chi connectivity index (χ0n) is 13.5. The van der Waals surface area contributed by atoms with Crippen molar-refractivity contribution in [1.29, 1.82) is 0 Å². The summed E-state index contributed by atoms with van der Waals surface area (Å²) in [5.41, 5.74) is 2.49. The van der Waals surface area contributed by atoms with Gasteiger partial charge in [-0.2, -0.15) is 5.10 Å². The fraction of sp³-hybridized carbons (Fsp3) is 0.812. The summed E-state index contributed by atoms with van der Waals surface area (Å²) < 4.78 is 2.14. The lowest BCUT2D eigenvalue weighted by molar-refractivity contribution is 0.138. The van der Waals surface area contributed by atoms with Crippen molar-refractivity contribution in [3.63, 3.8) is 0 Å². The number of nitrogens with zero attached hydrogens (tertiary/aromatic N) is 3. The monoisotopic (exact) mass is 278 g/mol. The summed E-state index contributed by atoms with van der Waals surface area (Å²) in [7, 11) is 0. The molecular formula is C16H30N4. The Morgan fingerprint density at radius 2 is 2.20 bits per heavy atom. The van der Waals surface area contributed by atoms with Crippen LogP contribution < -0.4 is 5.32 Å². The molecule has 2 rings (SSSR count). The minimum atomic E-state index is 0.698. The van der Waals surface area contributed by atoms with E-state index in [1.54, 1.807) is 0 Å². The predicted octanol–water partition coefficient (Wildman–Crippen LogP) is 2.42. The molecule has 1 fully saturated rings. The van der Waals surface area contributed by atoms with Crippen LogP contribution in [0, 0.1) is 12.8 Å². The highest BCUT2D eigenvalue weighted by atomic mass is 15.3. The van der Waals surface area contributed by atoms with Crippen molar-refractivity contribution >= 4 is 0 Å². The molecule has 2 heterocycles. The van der Waals surface area contributed by atoms with Crippen LogP contribution in [-0.2, 0) is 13.1 Å². The summed E-state index contributed by atoms with van der Waals surface area (Å²) in [6.07, 6.45) is 2.49. The van der Waals surface area contributed by atoms with Gasteiger partial charge in [-0.05, 0) is 45.2 Å². The maximum atomic E-state index is 4.55. The first-order chi connectivity index (χ1) is 9.63. The summed E-state index contributed by atoms with van der Waals surface area (Å²) in [6.45, 7) is 14.4. The summed E-state index contributed by atoms with van der Waals surface area (Å²) >= 11 is 0. The molecule has 0 radical (unpaired) electrons. The van der Waals surface area contributed by atoms with Gasteiger partial charge in [0.15, 0.2) is 0 Å². The largest absolute Gasteiger partial charge is 0.314 e. The number of hydrogen-bond acceptors (Lipinski definition) is 3. The molecule has 0 amide bonds. The number of piperidine rings is 1. The number of aromatic nitrogens is 2. The van der Waals surface area contributed by atoms with Gasteiger partial charge in [0.1, 0.15) is 0 Å². The summed E-state index contributed by atoms with van der Waals surface area (Å²) in [4.78, 5) is 2.58. The second kappa shape index (κ2) is 7.23. The Morgan fingerprint density at radius 3 is 2.85 bits per heavy atom. The molecule has 4 heteroatoms. The van der Waals surface area contributed by atoms with Crippen LogP contribution in [0.3, 0.4) is 0 Å². The average Bonchev–Trinajstić information content (AvgIpc) is 2.78. The van der Waals surface area contributed by atoms with E-state index in [1.165, 1.54) is 31.6 Å². The van der Waals surface area contributed by atoms with Crippen molar-refractivity contribution in [2.75, 3.05) is 19.6 Å². The Bertz CT molecular complexity index is 413. The quantitative estimate of drug-likeness (QED) is 0.867. The van der Waals surface area contributed by atoms with Crippen molar-refractivity contribution < 1.29 is 0 Å². The molecule has 1 N–H and O–H groups in total. The molecule has 1 saturated heterocycles. The highest BCUT2D eigenvalue weighted by Crippen LogP contribution is 2.19. The molecule has 1 aromatic heterocycles. The predicted molar refractivity (Wildman–Crippen MR) is 83.8 cm³/mol. The maximum absolute atomic E-state index is 4.55. The number of hydrogen-bond donors (Lipinski definition) is 1. The van der Waals surface area contributed by atoms with Gasteiger partial charge in [0.25, 0.3) is 0 Å². The summed E-state index contributed by atoms with van der Waals surface area (Å²) in [5.74, 6) is 0.731. The normalized spacial score (nSPS) is 24.2. The van der Waals surface area contributed by atoms with Crippen LogP contribution in [0.15, 0.2) is 6.07 Å². The van der Waals surface area contributed by atoms with Crippen molar-refractivity contribution in [2.24, 2.45) is 5.92 Å². The third-order valence-corrected chi connectivity index (χ3v) is 4.32. The van der Waals surface area contributed by atoms with Crippen LogP contribution in [-0.4, -0.2) is 40.4 Å². The van der Waals surface area contributed by atoms with Crippen LogP contribution in [0.5, 0.6) is 0 Å². The molecular weight excluding hydrogens is 248 g/mol. The lowest BCUT2D eigenvalue weighted by atomic mass is 9.93. The van der Waals surface area contributed by atoms with Crippen LogP contribution in [0.1, 0.15) is 45.0 Å². The third kappa shape index (κ3) is 3.83. The van der Waals surface area contributed by atoms with E-state index in [4.69, 9.17) is 0 Å². The number of aryl methyl sites for hydroxylation is 2. The van der Waals surface area contributed by atoms with E-state index >= 15 is 0 Å². The SMILES string of the molecule is CCCNC1CCN(Cc2cc(C)nn2CC)CC1C. The van der Waals surface area contributed by atoms with Gasteiger partial charge >= 0.3 is 0 Å². The molecule has 0 aromatic carbocycles. The van der Waals surface area contributed by atoms with Crippen LogP contribution >= 0.6 is 0 Å². The highest BCUT2D eigenvalue weighted by Gasteiger charge is 2.25. The molecule has 114 valence electrons. The van der Waals surface area contributed by atoms with E-state index in [0.717, 1.165) is 31.2 Å². The van der Waals surface area contributed by atoms with Gasteiger partial charge in [-0.25, -0.2) is 0 Å². The van der Waals surface area contributed by atoms with Gasteiger partial charge in [-0.1, -0.05) is 13.8 Å². The molecule has 2 atom stereocenters. The smallest absolute Gasteiger partial charge is 0.0597 e. The van der Waals surface area contributed by atoms with E-state index in [2.05, 4.69) is 53.8 Å². The van der Waals surface area contributed by atoms with Crippen molar-refractivity contribution in [2.45, 2.75) is 59.7 Å². The van der Waals surface area contributed by atoms with E-state index < -0.39 is 0 Å². The van der Waals surface area contributed by atoms with Crippen LogP contribution in [0.4, 0.5) is 0 Å². The Labute approximate surface area is 123 Å². The fourth-order valence-corrected chi connectivity index (χ4v) is 3.24. The molecule has 20 heavy (non-hydrogen) atoms. The van der Waals surface area contributed by atoms with Crippen molar-refractivity contribution in [1.82, 2.24) is 20.0 Å². The Morgan fingerprint density at radius 1 is 1.40 bits per heavy atom. The minimum absolute atomic E-state index is 0.698. The van der Waals surface area contributed by atoms with Gasteiger partial charge in [0.05, 0.1) is 11.4 Å². The van der Waals surface area contributed by atoms with Gasteiger partial charge < -0.3 is 5.32 Å². The Hall–Kier alpha value is -0.870. The van der Waals surface area contributed by atoms with Gasteiger partial charge in [-0.15, -0.1) is 0 Å². The molecule has 2 unspecified atom stereocenters. The second-order valence-corrected chi connectivity index (χ2v) is 6.15. The van der Waals surface area contributed by atoms with Gasteiger partial charge in [-0.3, -0.25) is 9.58 Å². The van der Waals surface area contributed by atoms with E-state index in [0.29, 0.717) is 6.04 Å². The lowest BCUT2D eigenvalue weighted by Gasteiger charge is -2.37. The molecule has 0 bridgehead atoms. The Kier molecular flexibility index (Phi) is 5.61. The highest BCUT2D eigenvalue weighted by molar-refractivity contribution is 5.09. The van der Waals surface area contributed by atoms with E-state index in [1.807, 2.05) is 0 Å². The fourth-order valence-electron chi connectivity index (χ4n) is 3.24. The van der Waals surface area contributed by atoms with Crippen molar-refractivity contribution in [3.8, 4) is 0 Å². The molecule has 1 aliphatic heterocycles. The number of nitrogens with one attached hydrogen (secondary N) is 1. The average molecular weight is 278 g/mol. The van der Waals surface area contributed by atoms with Gasteiger partial charge in [0.2, 0.25) is 0 Å². The number of rotatable bonds is 6. The molecule has 4 nitrogen and oxygen atoms in total. The Balaban J connectivity index is 1.89. The third-order valence-electron chi connectivity index (χ3n) is 4.32. The molecule has 0 spiro atoms. The van der Waals surface area contributed by atoms with E-state index in [-0.39, 0.29) is 0 Å². The first-order valence-electron chi connectivity index (χ1n) is 8.13. The minimum Gasteiger partial charge on any atom is -0.314 e. The van der Waals surface area contributed by atoms with Crippen molar-refractivity contribution in [3.05, 3.63) is 17.5 Å². The molecule has 1 aliphatic rings. The molecule has 0 saturated carbocycles. The zero-order valence-corrected chi connectivity index (χ0v) is 13.5. The maximum Gasteiger partial charge on any atom is 0.0597 e. The molecule has 1 aromatic rings. The second-order valence-electron chi connectivity index (χ2n) is 6.15. The standard InChI is InChI=1S/C16H30N4/c1-5-8-17-16-7-9-19(11-13(16)3)12-15-10-14(4)18-20(15)6-2/h10,13,16-17H,5-9,11-12H2,1-4H3. The van der Waals surface area contributed by atoms with Crippen LogP contribution in [0.25, 0.3) is 0 Å².